The Morgan fingerprint density at radius 2 is 1.64 bits per heavy atom. The molecule has 25 heavy (non-hydrogen) atoms. The van der Waals surface area contributed by atoms with Crippen LogP contribution in [0, 0.1) is 0 Å². The van der Waals surface area contributed by atoms with Crippen molar-refractivity contribution >= 4 is 33.2 Å². The minimum absolute atomic E-state index is 0.154. The number of nitrogens with one attached hydrogen (secondary N) is 1. The van der Waals surface area contributed by atoms with E-state index in [1.54, 1.807) is 31.2 Å². The summed E-state index contributed by atoms with van der Waals surface area (Å²) in [6.45, 7) is 1.62. The SMILES string of the molecule is C[C@H](Oc1ccc(Cl)cc1)C(=O)Nc1ccc(S(=O)(=O)N(C)C)cc1. The minimum Gasteiger partial charge on any atom is -0.481 e. The number of nitrogens with zero attached hydrogens (tertiary/aromatic N) is 1. The molecule has 0 saturated heterocycles. The number of ether oxygens (including phenoxy) is 1. The third-order valence-corrected chi connectivity index (χ3v) is 5.48. The van der Waals surface area contributed by atoms with Gasteiger partial charge in [0.05, 0.1) is 4.90 Å². The fourth-order valence-corrected chi connectivity index (χ4v) is 2.96. The van der Waals surface area contributed by atoms with Crippen molar-refractivity contribution in [2.45, 2.75) is 17.9 Å². The molecule has 2 rings (SSSR count). The van der Waals surface area contributed by atoms with E-state index in [0.717, 1.165) is 4.31 Å². The molecule has 0 heterocycles. The highest BCUT2D eigenvalue weighted by atomic mass is 35.5. The lowest BCUT2D eigenvalue weighted by Crippen LogP contribution is -2.30. The molecule has 0 unspecified atom stereocenters. The summed E-state index contributed by atoms with van der Waals surface area (Å²) in [6, 6.07) is 12.6. The van der Waals surface area contributed by atoms with Gasteiger partial charge in [-0.25, -0.2) is 12.7 Å². The molecule has 1 N–H and O–H groups in total. The van der Waals surface area contributed by atoms with Crippen molar-refractivity contribution in [3.05, 3.63) is 53.6 Å². The Morgan fingerprint density at radius 1 is 1.08 bits per heavy atom. The van der Waals surface area contributed by atoms with Crippen molar-refractivity contribution in [2.24, 2.45) is 0 Å². The van der Waals surface area contributed by atoms with Gasteiger partial charge in [-0.15, -0.1) is 0 Å². The predicted molar refractivity (Wildman–Crippen MR) is 97.5 cm³/mol. The number of carbonyl (C=O) groups excluding carboxylic acids is 1. The first-order chi connectivity index (χ1) is 11.7. The van der Waals surface area contributed by atoms with Crippen molar-refractivity contribution < 1.29 is 17.9 Å². The molecule has 2 aromatic carbocycles. The summed E-state index contributed by atoms with van der Waals surface area (Å²) >= 11 is 5.80. The zero-order chi connectivity index (χ0) is 18.6. The number of anilines is 1. The van der Waals surface area contributed by atoms with Crippen LogP contribution in [0.4, 0.5) is 5.69 Å². The molecule has 0 aliphatic rings. The van der Waals surface area contributed by atoms with Gasteiger partial charge < -0.3 is 10.1 Å². The van der Waals surface area contributed by atoms with Gasteiger partial charge in [0.15, 0.2) is 6.10 Å². The Morgan fingerprint density at radius 3 is 2.16 bits per heavy atom. The standard InChI is InChI=1S/C17H19ClN2O4S/c1-12(24-15-8-4-13(18)5-9-15)17(21)19-14-6-10-16(11-7-14)25(22,23)20(2)3/h4-12H,1-3H3,(H,19,21)/t12-/m0/s1. The van der Waals surface area contributed by atoms with Gasteiger partial charge in [-0.1, -0.05) is 11.6 Å². The van der Waals surface area contributed by atoms with E-state index in [0.29, 0.717) is 16.5 Å². The Hall–Kier alpha value is -2.09. The lowest BCUT2D eigenvalue weighted by molar-refractivity contribution is -0.122. The van der Waals surface area contributed by atoms with E-state index < -0.39 is 16.1 Å². The number of benzene rings is 2. The molecule has 2 aromatic rings. The molecule has 0 aromatic heterocycles. The molecule has 0 spiro atoms. The van der Waals surface area contributed by atoms with Crippen LogP contribution in [-0.2, 0) is 14.8 Å². The van der Waals surface area contributed by atoms with E-state index >= 15 is 0 Å². The van der Waals surface area contributed by atoms with E-state index in [4.69, 9.17) is 16.3 Å². The minimum atomic E-state index is -3.50. The third-order valence-electron chi connectivity index (χ3n) is 3.40. The van der Waals surface area contributed by atoms with Crippen LogP contribution in [0.2, 0.25) is 5.02 Å². The normalized spacial score (nSPS) is 12.7. The van der Waals surface area contributed by atoms with Crippen LogP contribution in [0.15, 0.2) is 53.4 Å². The Balaban J connectivity index is 2.01. The Labute approximate surface area is 152 Å². The first-order valence-corrected chi connectivity index (χ1v) is 9.27. The first kappa shape index (κ1) is 19.2. The molecule has 8 heteroatoms. The number of amides is 1. The molecular formula is C17H19ClN2O4S. The first-order valence-electron chi connectivity index (χ1n) is 7.46. The largest absolute Gasteiger partial charge is 0.481 e. The summed E-state index contributed by atoms with van der Waals surface area (Å²) in [5, 5.41) is 3.26. The monoisotopic (exact) mass is 382 g/mol. The van der Waals surface area contributed by atoms with E-state index in [2.05, 4.69) is 5.32 Å². The van der Waals surface area contributed by atoms with Crippen molar-refractivity contribution in [2.75, 3.05) is 19.4 Å². The molecule has 1 atom stereocenters. The van der Waals surface area contributed by atoms with E-state index in [1.165, 1.54) is 38.4 Å². The number of carbonyl (C=O) groups is 1. The maximum absolute atomic E-state index is 12.2. The summed E-state index contributed by atoms with van der Waals surface area (Å²) in [5.74, 6) is 0.178. The summed E-state index contributed by atoms with van der Waals surface area (Å²) in [5.41, 5.74) is 0.481. The number of halogens is 1. The van der Waals surface area contributed by atoms with Gasteiger partial charge in [-0.2, -0.15) is 0 Å². The average molecular weight is 383 g/mol. The molecule has 0 aliphatic heterocycles. The Kier molecular flexibility index (Phi) is 6.05. The molecular weight excluding hydrogens is 364 g/mol. The highest BCUT2D eigenvalue weighted by Crippen LogP contribution is 2.19. The number of sulfonamides is 1. The second-order valence-electron chi connectivity index (χ2n) is 5.52. The van der Waals surface area contributed by atoms with E-state index in [1.807, 2.05) is 0 Å². The summed E-state index contributed by atoms with van der Waals surface area (Å²) in [7, 11) is -0.579. The average Bonchev–Trinajstić information content (AvgIpc) is 2.57. The van der Waals surface area contributed by atoms with Gasteiger partial charge >= 0.3 is 0 Å². The van der Waals surface area contributed by atoms with E-state index in [-0.39, 0.29) is 10.8 Å². The molecule has 1 amide bonds. The fraction of sp³-hybridized carbons (Fsp3) is 0.235. The van der Waals surface area contributed by atoms with Gasteiger partial charge in [0.25, 0.3) is 5.91 Å². The zero-order valence-corrected chi connectivity index (χ0v) is 15.6. The molecule has 0 aliphatic carbocycles. The third kappa shape index (κ3) is 4.94. The number of hydrogen-bond acceptors (Lipinski definition) is 4. The van der Waals surface area contributed by atoms with Crippen molar-refractivity contribution in [1.82, 2.24) is 4.31 Å². The molecule has 0 saturated carbocycles. The van der Waals surface area contributed by atoms with Gasteiger partial charge in [0.1, 0.15) is 5.75 Å². The second kappa shape index (κ2) is 7.86. The predicted octanol–water partition coefficient (Wildman–Crippen LogP) is 3.00. The number of hydrogen-bond donors (Lipinski definition) is 1. The van der Waals surface area contributed by atoms with Crippen molar-refractivity contribution in [3.8, 4) is 5.75 Å². The molecule has 6 nitrogen and oxygen atoms in total. The maximum Gasteiger partial charge on any atom is 0.265 e. The van der Waals surface area contributed by atoms with Gasteiger partial charge in [-0.05, 0) is 55.5 Å². The lowest BCUT2D eigenvalue weighted by atomic mass is 10.3. The van der Waals surface area contributed by atoms with Crippen molar-refractivity contribution in [1.29, 1.82) is 0 Å². The fourth-order valence-electron chi connectivity index (χ4n) is 1.94. The van der Waals surface area contributed by atoms with Crippen LogP contribution in [-0.4, -0.2) is 38.8 Å². The van der Waals surface area contributed by atoms with Crippen LogP contribution < -0.4 is 10.1 Å². The van der Waals surface area contributed by atoms with Crippen LogP contribution in [0.1, 0.15) is 6.92 Å². The molecule has 0 bridgehead atoms. The summed E-state index contributed by atoms with van der Waals surface area (Å²) in [4.78, 5) is 12.3. The highest BCUT2D eigenvalue weighted by Gasteiger charge is 2.18. The maximum atomic E-state index is 12.2. The quantitative estimate of drug-likeness (QED) is 0.833. The van der Waals surface area contributed by atoms with Crippen LogP contribution in [0.3, 0.4) is 0 Å². The number of rotatable bonds is 6. The van der Waals surface area contributed by atoms with Crippen LogP contribution in [0.5, 0.6) is 5.75 Å². The molecule has 0 fully saturated rings. The summed E-state index contributed by atoms with van der Waals surface area (Å²) in [6.07, 6.45) is -0.730. The topological polar surface area (TPSA) is 75.7 Å². The van der Waals surface area contributed by atoms with Gasteiger partial charge in [0, 0.05) is 24.8 Å². The highest BCUT2D eigenvalue weighted by molar-refractivity contribution is 7.89. The lowest BCUT2D eigenvalue weighted by Gasteiger charge is -2.15. The van der Waals surface area contributed by atoms with Gasteiger partial charge in [0.2, 0.25) is 10.0 Å². The van der Waals surface area contributed by atoms with Gasteiger partial charge in [-0.3, -0.25) is 4.79 Å². The second-order valence-corrected chi connectivity index (χ2v) is 8.10. The van der Waals surface area contributed by atoms with Crippen LogP contribution in [0.25, 0.3) is 0 Å². The molecule has 134 valence electrons. The Bertz CT molecular complexity index is 834. The van der Waals surface area contributed by atoms with E-state index in [9.17, 15) is 13.2 Å². The van der Waals surface area contributed by atoms with Crippen molar-refractivity contribution in [3.63, 3.8) is 0 Å². The summed E-state index contributed by atoms with van der Waals surface area (Å²) < 4.78 is 30.7. The zero-order valence-electron chi connectivity index (χ0n) is 14.1. The smallest absolute Gasteiger partial charge is 0.265 e. The molecule has 0 radical (unpaired) electrons. The van der Waals surface area contributed by atoms with Crippen LogP contribution >= 0.6 is 11.6 Å².